The third-order valence-corrected chi connectivity index (χ3v) is 5.72. The lowest BCUT2D eigenvalue weighted by Gasteiger charge is -2.32. The van der Waals surface area contributed by atoms with E-state index >= 15 is 0 Å². The van der Waals surface area contributed by atoms with Crippen LogP contribution in [0.4, 0.5) is 11.5 Å². The SMILES string of the molecule is CN1CCN(c2ccc(-c3cccc(NC(=O)c4ccc(I)cc4)c3)nn2)CC1. The van der Waals surface area contributed by atoms with E-state index in [4.69, 9.17) is 0 Å². The van der Waals surface area contributed by atoms with Crippen LogP contribution in [0.25, 0.3) is 11.3 Å². The summed E-state index contributed by atoms with van der Waals surface area (Å²) in [6.45, 7) is 3.99. The molecule has 2 heterocycles. The maximum atomic E-state index is 12.5. The highest BCUT2D eigenvalue weighted by atomic mass is 127. The molecule has 0 aliphatic carbocycles. The number of amides is 1. The highest BCUT2D eigenvalue weighted by Gasteiger charge is 2.16. The van der Waals surface area contributed by atoms with E-state index in [0.717, 1.165) is 52.5 Å². The number of hydrogen-bond donors (Lipinski definition) is 1. The predicted octanol–water partition coefficient (Wildman–Crippen LogP) is 3.75. The number of aromatic nitrogens is 2. The van der Waals surface area contributed by atoms with Crippen molar-refractivity contribution in [1.29, 1.82) is 0 Å². The largest absolute Gasteiger partial charge is 0.353 e. The maximum absolute atomic E-state index is 12.5. The van der Waals surface area contributed by atoms with Gasteiger partial charge in [0.2, 0.25) is 0 Å². The second-order valence-electron chi connectivity index (χ2n) is 7.11. The molecular weight excluding hydrogens is 477 g/mol. The monoisotopic (exact) mass is 499 g/mol. The molecule has 0 bridgehead atoms. The third-order valence-electron chi connectivity index (χ3n) is 5.00. The van der Waals surface area contributed by atoms with Gasteiger partial charge in [0.1, 0.15) is 0 Å². The minimum Gasteiger partial charge on any atom is -0.353 e. The molecular formula is C22H22IN5O. The lowest BCUT2D eigenvalue weighted by atomic mass is 10.1. The molecule has 0 unspecified atom stereocenters. The first-order valence-corrected chi connectivity index (χ1v) is 10.6. The number of likely N-dealkylation sites (N-methyl/N-ethyl adjacent to an activating group) is 1. The van der Waals surface area contributed by atoms with Crippen LogP contribution in [0.15, 0.2) is 60.7 Å². The van der Waals surface area contributed by atoms with Crippen LogP contribution < -0.4 is 10.2 Å². The quantitative estimate of drug-likeness (QED) is 0.555. The van der Waals surface area contributed by atoms with Gasteiger partial charge in [-0.05, 0) is 78.2 Å². The summed E-state index contributed by atoms with van der Waals surface area (Å²) < 4.78 is 1.10. The Balaban J connectivity index is 1.47. The first-order valence-electron chi connectivity index (χ1n) is 9.53. The first kappa shape index (κ1) is 19.8. The zero-order valence-corrected chi connectivity index (χ0v) is 18.3. The van der Waals surface area contributed by atoms with Crippen molar-refractivity contribution in [3.05, 3.63) is 69.8 Å². The number of halogens is 1. The first-order chi connectivity index (χ1) is 14.1. The molecule has 148 valence electrons. The molecule has 0 atom stereocenters. The smallest absolute Gasteiger partial charge is 0.255 e. The summed E-state index contributed by atoms with van der Waals surface area (Å²) in [5, 5.41) is 11.8. The number of carbonyl (C=O) groups is 1. The number of nitrogens with one attached hydrogen (secondary N) is 1. The second-order valence-corrected chi connectivity index (χ2v) is 8.35. The molecule has 4 rings (SSSR count). The van der Waals surface area contributed by atoms with Crippen molar-refractivity contribution in [2.75, 3.05) is 43.4 Å². The molecule has 2 aromatic carbocycles. The number of piperazine rings is 1. The van der Waals surface area contributed by atoms with Crippen molar-refractivity contribution in [3.8, 4) is 11.3 Å². The number of nitrogens with zero attached hydrogens (tertiary/aromatic N) is 4. The van der Waals surface area contributed by atoms with Crippen LogP contribution in [0.3, 0.4) is 0 Å². The summed E-state index contributed by atoms with van der Waals surface area (Å²) in [4.78, 5) is 17.0. The molecule has 1 amide bonds. The van der Waals surface area contributed by atoms with E-state index in [1.165, 1.54) is 0 Å². The van der Waals surface area contributed by atoms with Gasteiger partial charge in [-0.3, -0.25) is 4.79 Å². The van der Waals surface area contributed by atoms with Gasteiger partial charge in [0.05, 0.1) is 5.69 Å². The van der Waals surface area contributed by atoms with Gasteiger partial charge >= 0.3 is 0 Å². The standard InChI is InChI=1S/C22H22IN5O/c1-27-11-13-28(14-12-27)21-10-9-20(25-26-21)17-3-2-4-19(15-17)24-22(29)16-5-7-18(23)8-6-16/h2-10,15H,11-14H2,1H3,(H,24,29). The van der Waals surface area contributed by atoms with E-state index in [-0.39, 0.29) is 5.91 Å². The molecule has 1 N–H and O–H groups in total. The number of anilines is 2. The molecule has 1 aliphatic heterocycles. The Bertz CT molecular complexity index is 983. The molecule has 1 saturated heterocycles. The molecule has 3 aromatic rings. The summed E-state index contributed by atoms with van der Waals surface area (Å²) in [5.41, 5.74) is 3.07. The lowest BCUT2D eigenvalue weighted by molar-refractivity contribution is 0.102. The maximum Gasteiger partial charge on any atom is 0.255 e. The number of rotatable bonds is 4. The molecule has 0 saturated carbocycles. The average Bonchev–Trinajstić information content (AvgIpc) is 2.75. The normalized spacial score (nSPS) is 14.6. The summed E-state index contributed by atoms with van der Waals surface area (Å²) in [6.07, 6.45) is 0. The van der Waals surface area contributed by atoms with Gasteiger partial charge < -0.3 is 15.1 Å². The van der Waals surface area contributed by atoms with Crippen LogP contribution >= 0.6 is 22.6 Å². The Hall–Kier alpha value is -2.52. The van der Waals surface area contributed by atoms with Crippen molar-refractivity contribution in [3.63, 3.8) is 0 Å². The van der Waals surface area contributed by atoms with Crippen molar-refractivity contribution >= 4 is 40.0 Å². The number of hydrogen-bond acceptors (Lipinski definition) is 5. The van der Waals surface area contributed by atoms with Gasteiger partial charge in [-0.1, -0.05) is 12.1 Å². The van der Waals surface area contributed by atoms with Crippen LogP contribution in [0.1, 0.15) is 10.4 Å². The van der Waals surface area contributed by atoms with Gasteiger partial charge in [-0.2, -0.15) is 0 Å². The Morgan fingerprint density at radius 1 is 0.966 bits per heavy atom. The summed E-state index contributed by atoms with van der Waals surface area (Å²) >= 11 is 2.22. The van der Waals surface area contributed by atoms with Gasteiger partial charge in [0, 0.05) is 46.6 Å². The number of benzene rings is 2. The van der Waals surface area contributed by atoms with E-state index in [2.05, 4.69) is 55.0 Å². The second kappa shape index (κ2) is 8.87. The van der Waals surface area contributed by atoms with E-state index in [1.54, 1.807) is 0 Å². The van der Waals surface area contributed by atoms with E-state index in [9.17, 15) is 4.79 Å². The molecule has 1 aromatic heterocycles. The highest BCUT2D eigenvalue weighted by molar-refractivity contribution is 14.1. The Morgan fingerprint density at radius 2 is 1.72 bits per heavy atom. The molecule has 1 aliphatic rings. The van der Waals surface area contributed by atoms with Crippen LogP contribution in [0.2, 0.25) is 0 Å². The van der Waals surface area contributed by atoms with Crippen LogP contribution in [-0.4, -0.2) is 54.2 Å². The topological polar surface area (TPSA) is 61.4 Å². The van der Waals surface area contributed by atoms with Gasteiger partial charge in [-0.25, -0.2) is 0 Å². The summed E-state index contributed by atoms with van der Waals surface area (Å²) in [7, 11) is 2.14. The highest BCUT2D eigenvalue weighted by Crippen LogP contribution is 2.23. The van der Waals surface area contributed by atoms with Gasteiger partial charge in [0.15, 0.2) is 5.82 Å². The molecule has 6 nitrogen and oxygen atoms in total. The fraction of sp³-hybridized carbons (Fsp3) is 0.227. The molecule has 0 spiro atoms. The minimum atomic E-state index is -0.130. The Morgan fingerprint density at radius 3 is 2.41 bits per heavy atom. The minimum absolute atomic E-state index is 0.130. The van der Waals surface area contributed by atoms with E-state index in [0.29, 0.717) is 5.56 Å². The van der Waals surface area contributed by atoms with Gasteiger partial charge in [0.25, 0.3) is 5.91 Å². The van der Waals surface area contributed by atoms with Crippen LogP contribution in [0.5, 0.6) is 0 Å². The van der Waals surface area contributed by atoms with Crippen molar-refractivity contribution in [2.24, 2.45) is 0 Å². The Kier molecular flexibility index (Phi) is 6.05. The van der Waals surface area contributed by atoms with Crippen molar-refractivity contribution < 1.29 is 4.79 Å². The van der Waals surface area contributed by atoms with Gasteiger partial charge in [-0.15, -0.1) is 10.2 Å². The molecule has 0 radical (unpaired) electrons. The fourth-order valence-corrected chi connectivity index (χ4v) is 3.60. The lowest BCUT2D eigenvalue weighted by Crippen LogP contribution is -2.44. The average molecular weight is 499 g/mol. The fourth-order valence-electron chi connectivity index (χ4n) is 3.24. The van der Waals surface area contributed by atoms with Crippen molar-refractivity contribution in [2.45, 2.75) is 0 Å². The summed E-state index contributed by atoms with van der Waals surface area (Å²) in [6, 6.07) is 19.2. The molecule has 29 heavy (non-hydrogen) atoms. The third kappa shape index (κ3) is 4.91. The zero-order valence-electron chi connectivity index (χ0n) is 16.2. The van der Waals surface area contributed by atoms with Crippen molar-refractivity contribution in [1.82, 2.24) is 15.1 Å². The number of carbonyl (C=O) groups excluding carboxylic acids is 1. The molecule has 1 fully saturated rings. The zero-order chi connectivity index (χ0) is 20.2. The molecule has 7 heteroatoms. The van der Waals surface area contributed by atoms with Crippen LogP contribution in [-0.2, 0) is 0 Å². The van der Waals surface area contributed by atoms with E-state index < -0.39 is 0 Å². The predicted molar refractivity (Wildman–Crippen MR) is 124 cm³/mol. The van der Waals surface area contributed by atoms with Crippen LogP contribution in [0, 0.1) is 3.57 Å². The Labute approximate surface area is 184 Å². The summed E-state index contributed by atoms with van der Waals surface area (Å²) in [5.74, 6) is 0.778. The van der Waals surface area contributed by atoms with E-state index in [1.807, 2.05) is 60.7 Å².